The van der Waals surface area contributed by atoms with Gasteiger partial charge in [0.2, 0.25) is 5.91 Å². The summed E-state index contributed by atoms with van der Waals surface area (Å²) in [5, 5.41) is 4.02. The molecular weight excluding hydrogens is 592 g/mol. The van der Waals surface area contributed by atoms with Gasteiger partial charge in [-0.3, -0.25) is 19.3 Å². The molecule has 0 radical (unpaired) electrons. The molecule has 12 heteroatoms. The predicted octanol–water partition coefficient (Wildman–Crippen LogP) is 5.69. The quantitative estimate of drug-likeness (QED) is 0.176. The molecule has 1 aliphatic rings. The van der Waals surface area contributed by atoms with Crippen LogP contribution in [-0.2, 0) is 19.7 Å². The van der Waals surface area contributed by atoms with Gasteiger partial charge in [-0.25, -0.2) is 0 Å². The second-order valence-corrected chi connectivity index (χ2v) is 11.8. The van der Waals surface area contributed by atoms with E-state index in [1.807, 2.05) is 42.5 Å². The van der Waals surface area contributed by atoms with Crippen molar-refractivity contribution < 1.29 is 36.5 Å². The molecule has 43 heavy (non-hydrogen) atoms. The summed E-state index contributed by atoms with van der Waals surface area (Å²) >= 11 is 0.731. The van der Waals surface area contributed by atoms with Crippen LogP contribution in [0.1, 0.15) is 12.5 Å². The zero-order valence-electron chi connectivity index (χ0n) is 23.1. The van der Waals surface area contributed by atoms with Crippen molar-refractivity contribution in [3.8, 4) is 17.2 Å². The number of nitrogens with zero attached hydrogens (tertiary/aromatic N) is 1. The van der Waals surface area contributed by atoms with E-state index in [0.29, 0.717) is 11.4 Å². The van der Waals surface area contributed by atoms with Crippen molar-refractivity contribution >= 4 is 61.5 Å². The van der Waals surface area contributed by atoms with E-state index in [4.69, 9.17) is 13.7 Å². The van der Waals surface area contributed by atoms with E-state index < -0.39 is 21.3 Å². The van der Waals surface area contributed by atoms with Crippen LogP contribution >= 0.6 is 11.8 Å². The average molecular weight is 619 g/mol. The lowest BCUT2D eigenvalue weighted by molar-refractivity contribution is -0.123. The molecule has 1 saturated heterocycles. The van der Waals surface area contributed by atoms with Crippen LogP contribution in [0.4, 0.5) is 10.5 Å². The maximum absolute atomic E-state index is 13.2. The summed E-state index contributed by atoms with van der Waals surface area (Å²) < 4.78 is 43.0. The minimum Gasteiger partial charge on any atom is -0.493 e. The number of carbonyl (C=O) groups excluding carboxylic acids is 3. The molecule has 1 N–H and O–H groups in total. The molecule has 0 aliphatic carbocycles. The number of nitrogens with one attached hydrogen (secondary N) is 1. The number of methoxy groups -OCH3 is 1. The highest BCUT2D eigenvalue weighted by atomic mass is 32.2. The normalized spacial score (nSPS) is 14.3. The molecule has 5 rings (SSSR count). The van der Waals surface area contributed by atoms with Crippen molar-refractivity contribution in [3.63, 3.8) is 0 Å². The highest BCUT2D eigenvalue weighted by Crippen LogP contribution is 2.39. The molecule has 4 aromatic rings. The first-order valence-corrected chi connectivity index (χ1v) is 15.2. The molecular formula is C31H26N2O8S2. The van der Waals surface area contributed by atoms with E-state index in [9.17, 15) is 22.8 Å². The number of hydrogen-bond acceptors (Lipinski definition) is 9. The van der Waals surface area contributed by atoms with Crippen LogP contribution in [0.15, 0.2) is 94.7 Å². The zero-order valence-corrected chi connectivity index (χ0v) is 24.7. The van der Waals surface area contributed by atoms with Gasteiger partial charge >= 0.3 is 10.1 Å². The maximum Gasteiger partial charge on any atom is 0.339 e. The van der Waals surface area contributed by atoms with E-state index in [2.05, 4.69) is 5.32 Å². The van der Waals surface area contributed by atoms with Gasteiger partial charge in [-0.2, -0.15) is 8.42 Å². The van der Waals surface area contributed by atoms with Crippen molar-refractivity contribution in [2.45, 2.75) is 11.8 Å². The summed E-state index contributed by atoms with van der Waals surface area (Å²) in [6.07, 6.45) is 1.39. The Balaban J connectivity index is 1.34. The molecule has 0 unspecified atom stereocenters. The Kier molecular flexibility index (Phi) is 8.69. The van der Waals surface area contributed by atoms with Gasteiger partial charge < -0.3 is 19.0 Å². The molecule has 1 aliphatic heterocycles. The van der Waals surface area contributed by atoms with Gasteiger partial charge in [-0.1, -0.05) is 48.5 Å². The van der Waals surface area contributed by atoms with Gasteiger partial charge in [0.05, 0.1) is 18.6 Å². The van der Waals surface area contributed by atoms with Crippen molar-refractivity contribution in [3.05, 3.63) is 95.4 Å². The molecule has 220 valence electrons. The Labute approximate surface area is 252 Å². The fourth-order valence-electron chi connectivity index (χ4n) is 4.36. The van der Waals surface area contributed by atoms with Gasteiger partial charge in [0.1, 0.15) is 17.3 Å². The molecule has 0 spiro atoms. The predicted molar refractivity (Wildman–Crippen MR) is 164 cm³/mol. The molecule has 0 bridgehead atoms. The number of benzene rings is 4. The van der Waals surface area contributed by atoms with Crippen LogP contribution in [-0.4, -0.2) is 50.6 Å². The second kappa shape index (κ2) is 12.6. The van der Waals surface area contributed by atoms with Gasteiger partial charge in [-0.05, 0) is 59.6 Å². The van der Waals surface area contributed by atoms with Crippen LogP contribution in [0, 0.1) is 0 Å². The Hall–Kier alpha value is -4.81. The van der Waals surface area contributed by atoms with Gasteiger partial charge in [0.25, 0.3) is 11.1 Å². The van der Waals surface area contributed by atoms with Crippen molar-refractivity contribution in [1.82, 2.24) is 4.90 Å². The first-order valence-electron chi connectivity index (χ1n) is 13.0. The summed E-state index contributed by atoms with van der Waals surface area (Å²) in [7, 11) is -2.99. The molecule has 1 fully saturated rings. The smallest absolute Gasteiger partial charge is 0.339 e. The summed E-state index contributed by atoms with van der Waals surface area (Å²) in [4.78, 5) is 38.2. The molecule has 0 saturated carbocycles. The summed E-state index contributed by atoms with van der Waals surface area (Å²) in [5.41, 5.74) is 0.637. The minimum atomic E-state index is -4.34. The van der Waals surface area contributed by atoms with Crippen LogP contribution in [0.5, 0.6) is 17.2 Å². The Morgan fingerprint density at radius 3 is 2.37 bits per heavy atom. The third-order valence-corrected chi connectivity index (χ3v) is 8.51. The average Bonchev–Trinajstić information content (AvgIpc) is 3.25. The largest absolute Gasteiger partial charge is 0.493 e. The van der Waals surface area contributed by atoms with E-state index in [1.54, 1.807) is 12.1 Å². The van der Waals surface area contributed by atoms with Crippen LogP contribution < -0.4 is 19.0 Å². The van der Waals surface area contributed by atoms with Crippen molar-refractivity contribution in [2.24, 2.45) is 0 Å². The number of thioether (sulfide) groups is 1. The van der Waals surface area contributed by atoms with E-state index in [0.717, 1.165) is 27.4 Å². The standard InChI is InChI=1S/C31H26N2O8S2/c1-20(34)32-23-13-15-24(16-14-23)43(37,38)41-29-22(9-6-12-27(29)39-2)19-28-30(35)33(31(36)42-28)17-18-40-26-11-5-8-21-7-3-4-10-25(21)26/h3-16,19H,17-18H2,1-2H3,(H,32,34)/b28-19-. The lowest BCUT2D eigenvalue weighted by Gasteiger charge is -2.15. The van der Waals surface area contributed by atoms with Crippen LogP contribution in [0.2, 0.25) is 0 Å². The first-order chi connectivity index (χ1) is 20.7. The molecule has 3 amide bonds. The Morgan fingerprint density at radius 1 is 0.930 bits per heavy atom. The Morgan fingerprint density at radius 2 is 1.63 bits per heavy atom. The first kappa shape index (κ1) is 29.7. The molecule has 0 aromatic heterocycles. The van der Waals surface area contributed by atoms with Crippen molar-refractivity contribution in [2.75, 3.05) is 25.6 Å². The number of carbonyl (C=O) groups is 3. The molecule has 4 aromatic carbocycles. The number of hydrogen-bond donors (Lipinski definition) is 1. The van der Waals surface area contributed by atoms with E-state index in [1.165, 1.54) is 50.4 Å². The third-order valence-electron chi connectivity index (χ3n) is 6.37. The van der Waals surface area contributed by atoms with E-state index in [-0.39, 0.29) is 45.9 Å². The zero-order chi connectivity index (χ0) is 30.6. The van der Waals surface area contributed by atoms with E-state index >= 15 is 0 Å². The fraction of sp³-hybridized carbons (Fsp3) is 0.129. The van der Waals surface area contributed by atoms with Gasteiger partial charge in [-0.15, -0.1) is 0 Å². The molecule has 10 nitrogen and oxygen atoms in total. The highest BCUT2D eigenvalue weighted by Gasteiger charge is 2.35. The van der Waals surface area contributed by atoms with Crippen LogP contribution in [0.25, 0.3) is 16.8 Å². The summed E-state index contributed by atoms with van der Waals surface area (Å²) in [6.45, 7) is 1.45. The summed E-state index contributed by atoms with van der Waals surface area (Å²) in [6, 6.07) is 23.5. The van der Waals surface area contributed by atoms with Gasteiger partial charge in [0, 0.05) is 23.6 Å². The SMILES string of the molecule is COc1cccc(/C=C2\SC(=O)N(CCOc3cccc4ccccc34)C2=O)c1OS(=O)(=O)c1ccc(NC(C)=O)cc1. The lowest BCUT2D eigenvalue weighted by atomic mass is 10.1. The number of amides is 3. The third kappa shape index (κ3) is 6.65. The summed E-state index contributed by atoms with van der Waals surface area (Å²) in [5.74, 6) is -0.240. The van der Waals surface area contributed by atoms with Crippen molar-refractivity contribution in [1.29, 1.82) is 0 Å². The topological polar surface area (TPSA) is 128 Å². The number of ether oxygens (including phenoxy) is 2. The fourth-order valence-corrected chi connectivity index (χ4v) is 6.18. The van der Waals surface area contributed by atoms with Crippen LogP contribution in [0.3, 0.4) is 0 Å². The monoisotopic (exact) mass is 618 g/mol. The minimum absolute atomic E-state index is 0.0234. The maximum atomic E-state index is 13.2. The number of rotatable bonds is 10. The molecule has 1 heterocycles. The molecule has 0 atom stereocenters. The number of fused-ring (bicyclic) bond motifs is 1. The second-order valence-electron chi connectivity index (χ2n) is 9.28. The highest BCUT2D eigenvalue weighted by molar-refractivity contribution is 8.18. The number of imide groups is 1. The Bertz CT molecular complexity index is 1850. The lowest BCUT2D eigenvalue weighted by Crippen LogP contribution is -2.32. The number of anilines is 1. The number of para-hydroxylation sites is 1. The van der Waals surface area contributed by atoms with Gasteiger partial charge in [0.15, 0.2) is 11.5 Å².